The number of hydrogen-bond acceptors (Lipinski definition) is 4. The van der Waals surface area contributed by atoms with Gasteiger partial charge in [0, 0.05) is 0 Å². The van der Waals surface area contributed by atoms with Crippen molar-refractivity contribution in [3.05, 3.63) is 47.5 Å². The summed E-state index contributed by atoms with van der Waals surface area (Å²) in [5.74, 6) is 0.738. The predicted octanol–water partition coefficient (Wildman–Crippen LogP) is 3.16. The van der Waals surface area contributed by atoms with Crippen LogP contribution in [0.4, 0.5) is 5.69 Å². The molecule has 21 heavy (non-hydrogen) atoms. The Morgan fingerprint density at radius 2 is 1.67 bits per heavy atom. The van der Waals surface area contributed by atoms with Crippen molar-refractivity contribution in [2.75, 3.05) is 18.9 Å². The van der Waals surface area contributed by atoms with Crippen molar-refractivity contribution < 1.29 is 17.9 Å². The van der Waals surface area contributed by atoms with E-state index in [0.29, 0.717) is 16.5 Å². The molecule has 0 heterocycles. The number of benzene rings is 2. The third-order valence-electron chi connectivity index (χ3n) is 2.76. The van der Waals surface area contributed by atoms with Gasteiger partial charge in [-0.3, -0.25) is 4.72 Å². The Bertz CT molecular complexity index is 746. The van der Waals surface area contributed by atoms with Gasteiger partial charge in [-0.05, 0) is 30.3 Å². The average molecular weight is 328 g/mol. The highest BCUT2D eigenvalue weighted by Gasteiger charge is 2.19. The second-order valence-corrected chi connectivity index (χ2v) is 6.16. The first-order valence-electron chi connectivity index (χ1n) is 5.97. The van der Waals surface area contributed by atoms with Crippen LogP contribution in [0.3, 0.4) is 0 Å². The maximum absolute atomic E-state index is 12.4. The highest BCUT2D eigenvalue weighted by atomic mass is 35.5. The van der Waals surface area contributed by atoms with Crippen molar-refractivity contribution in [3.63, 3.8) is 0 Å². The molecule has 0 saturated heterocycles. The quantitative estimate of drug-likeness (QED) is 0.916. The molecule has 2 aromatic rings. The van der Waals surface area contributed by atoms with Gasteiger partial charge in [0.2, 0.25) is 0 Å². The predicted molar refractivity (Wildman–Crippen MR) is 81.8 cm³/mol. The molecule has 0 aromatic heterocycles. The molecule has 0 bridgehead atoms. The van der Waals surface area contributed by atoms with E-state index in [2.05, 4.69) is 4.72 Å². The van der Waals surface area contributed by atoms with Crippen molar-refractivity contribution in [1.29, 1.82) is 0 Å². The van der Waals surface area contributed by atoms with Crippen molar-refractivity contribution in [2.24, 2.45) is 0 Å². The summed E-state index contributed by atoms with van der Waals surface area (Å²) in [7, 11) is -0.866. The average Bonchev–Trinajstić information content (AvgIpc) is 2.47. The van der Waals surface area contributed by atoms with Gasteiger partial charge in [-0.2, -0.15) is 0 Å². The number of hydrogen-bond donors (Lipinski definition) is 1. The maximum atomic E-state index is 12.4. The van der Waals surface area contributed by atoms with Crippen LogP contribution < -0.4 is 14.2 Å². The summed E-state index contributed by atoms with van der Waals surface area (Å²) in [5, 5.41) is 0.317. The smallest absolute Gasteiger partial charge is 0.265 e. The lowest BCUT2D eigenvalue weighted by atomic mass is 10.3. The van der Waals surface area contributed by atoms with Crippen molar-refractivity contribution in [1.82, 2.24) is 0 Å². The molecule has 2 aromatic carbocycles. The number of methoxy groups -OCH3 is 2. The minimum atomic E-state index is -3.77. The first-order chi connectivity index (χ1) is 9.97. The number of anilines is 1. The van der Waals surface area contributed by atoms with Gasteiger partial charge in [0.15, 0.2) is 0 Å². The molecule has 5 nitrogen and oxygen atoms in total. The molecule has 0 atom stereocenters. The van der Waals surface area contributed by atoms with Crippen molar-refractivity contribution >= 4 is 27.3 Å². The van der Waals surface area contributed by atoms with E-state index in [1.54, 1.807) is 30.3 Å². The minimum absolute atomic E-state index is 0.0550. The van der Waals surface area contributed by atoms with Crippen LogP contribution in [0.15, 0.2) is 47.4 Å². The summed E-state index contributed by atoms with van der Waals surface area (Å²) >= 11 is 5.98. The number of rotatable bonds is 5. The molecule has 0 spiro atoms. The van der Waals surface area contributed by atoms with E-state index in [0.717, 1.165) is 0 Å². The largest absolute Gasteiger partial charge is 0.495 e. The summed E-state index contributed by atoms with van der Waals surface area (Å²) < 4.78 is 37.3. The molecule has 7 heteroatoms. The molecule has 0 aliphatic rings. The number of nitrogens with one attached hydrogen (secondary N) is 1. The first-order valence-corrected chi connectivity index (χ1v) is 7.83. The molecule has 2 rings (SSSR count). The minimum Gasteiger partial charge on any atom is -0.495 e. The molecule has 0 saturated carbocycles. The summed E-state index contributed by atoms with van der Waals surface area (Å²) in [6.45, 7) is 0. The first kappa shape index (κ1) is 15.5. The highest BCUT2D eigenvalue weighted by Crippen LogP contribution is 2.30. The van der Waals surface area contributed by atoms with E-state index in [1.807, 2.05) is 0 Å². The second-order valence-electron chi connectivity index (χ2n) is 4.11. The third kappa shape index (κ3) is 3.40. The van der Waals surface area contributed by atoms with E-state index in [9.17, 15) is 8.42 Å². The van der Waals surface area contributed by atoms with Crippen molar-refractivity contribution in [3.8, 4) is 11.5 Å². The summed E-state index contributed by atoms with van der Waals surface area (Å²) in [6.07, 6.45) is 0. The number of ether oxygens (including phenoxy) is 2. The Labute approximate surface area is 128 Å². The van der Waals surface area contributed by atoms with Gasteiger partial charge in [-0.25, -0.2) is 8.42 Å². The fourth-order valence-corrected chi connectivity index (χ4v) is 3.26. The summed E-state index contributed by atoms with van der Waals surface area (Å²) in [5.41, 5.74) is 0.340. The van der Waals surface area contributed by atoms with Gasteiger partial charge in [-0.15, -0.1) is 0 Å². The van der Waals surface area contributed by atoms with Crippen LogP contribution in [0.2, 0.25) is 5.02 Å². The lowest BCUT2D eigenvalue weighted by molar-refractivity contribution is 0.403. The van der Waals surface area contributed by atoms with Gasteiger partial charge in [0.05, 0.1) is 24.9 Å². The van der Waals surface area contributed by atoms with Gasteiger partial charge in [0.25, 0.3) is 10.0 Å². The van der Waals surface area contributed by atoms with Crippen LogP contribution in [0.1, 0.15) is 0 Å². The molecular weight excluding hydrogens is 314 g/mol. The molecule has 0 unspecified atom stereocenters. The molecule has 0 aliphatic heterocycles. The number of para-hydroxylation sites is 1. The fourth-order valence-electron chi connectivity index (χ4n) is 1.78. The Hall–Kier alpha value is -1.92. The van der Waals surface area contributed by atoms with Crippen molar-refractivity contribution in [2.45, 2.75) is 4.90 Å². The number of halogens is 1. The lowest BCUT2D eigenvalue weighted by Crippen LogP contribution is -2.14. The molecule has 112 valence electrons. The summed E-state index contributed by atoms with van der Waals surface area (Å²) in [4.78, 5) is 0.0550. The summed E-state index contributed by atoms with van der Waals surface area (Å²) in [6, 6.07) is 11.0. The third-order valence-corrected chi connectivity index (χ3v) is 4.48. The second kappa shape index (κ2) is 6.24. The van der Waals surface area contributed by atoms with Gasteiger partial charge >= 0.3 is 0 Å². The van der Waals surface area contributed by atoms with Gasteiger partial charge < -0.3 is 9.47 Å². The normalized spacial score (nSPS) is 11.0. The van der Waals surface area contributed by atoms with E-state index in [1.165, 1.54) is 26.4 Å². The van der Waals surface area contributed by atoms with Crippen LogP contribution in [0.5, 0.6) is 11.5 Å². The topological polar surface area (TPSA) is 64.6 Å². The van der Waals surface area contributed by atoms with Crippen LogP contribution in [0.25, 0.3) is 0 Å². The molecular formula is C14H14ClNO4S. The lowest BCUT2D eigenvalue weighted by Gasteiger charge is -2.12. The Kier molecular flexibility index (Phi) is 4.59. The van der Waals surface area contributed by atoms with Crippen LogP contribution in [-0.4, -0.2) is 22.6 Å². The maximum Gasteiger partial charge on any atom is 0.265 e. The Morgan fingerprint density at radius 1 is 1.00 bits per heavy atom. The molecule has 0 fully saturated rings. The fraction of sp³-hybridized carbons (Fsp3) is 0.143. The Morgan fingerprint density at radius 3 is 2.29 bits per heavy atom. The zero-order valence-corrected chi connectivity index (χ0v) is 13.0. The van der Waals surface area contributed by atoms with Crippen LogP contribution >= 0.6 is 11.6 Å². The highest BCUT2D eigenvalue weighted by molar-refractivity contribution is 7.92. The monoisotopic (exact) mass is 327 g/mol. The molecule has 1 N–H and O–H groups in total. The van der Waals surface area contributed by atoms with Crippen LogP contribution in [-0.2, 0) is 10.0 Å². The molecule has 0 amide bonds. The SMILES string of the molecule is COc1ccc(NS(=O)(=O)c2ccccc2OC)cc1Cl. The zero-order chi connectivity index (χ0) is 15.5. The molecule has 0 radical (unpaired) electrons. The van der Waals surface area contributed by atoms with Crippen LogP contribution in [0, 0.1) is 0 Å². The van der Waals surface area contributed by atoms with Gasteiger partial charge in [-0.1, -0.05) is 23.7 Å². The van der Waals surface area contributed by atoms with E-state index in [-0.39, 0.29) is 10.6 Å². The number of sulfonamides is 1. The Balaban J connectivity index is 2.35. The van der Waals surface area contributed by atoms with E-state index >= 15 is 0 Å². The molecule has 0 aliphatic carbocycles. The van der Waals surface area contributed by atoms with E-state index in [4.69, 9.17) is 21.1 Å². The van der Waals surface area contributed by atoms with E-state index < -0.39 is 10.0 Å². The zero-order valence-electron chi connectivity index (χ0n) is 11.5. The van der Waals surface area contributed by atoms with Gasteiger partial charge in [0.1, 0.15) is 16.4 Å². The standard InChI is InChI=1S/C14H14ClNO4S/c1-19-12-8-7-10(9-11(12)15)16-21(17,18)14-6-4-3-5-13(14)20-2/h3-9,16H,1-2H3.